The fourth-order valence-electron chi connectivity index (χ4n) is 7.85. The second-order valence-electron chi connectivity index (χ2n) is 10.6. The number of hydrogen-bond donors (Lipinski definition) is 1. The van der Waals surface area contributed by atoms with E-state index in [2.05, 4.69) is 6.92 Å². The molecule has 1 aliphatic heterocycles. The Morgan fingerprint density at radius 2 is 2.06 bits per heavy atom. The van der Waals surface area contributed by atoms with Gasteiger partial charge in [-0.3, -0.25) is 9.00 Å². The Hall–Kier alpha value is -0.890. The molecule has 0 bridgehead atoms. The zero-order valence-corrected chi connectivity index (χ0v) is 19.5. The lowest BCUT2D eigenvalue weighted by Crippen LogP contribution is -2.69. The number of ether oxygens (including phenoxy) is 2. The second-order valence-corrected chi connectivity index (χ2v) is 12.1. The molecule has 172 valence electrons. The SMILES string of the molecule is CCCC1O[C@@H]2C[C@H]3[C@@H]4CCC5=CC(=O)C=C[C@]5(C)[C@@]4(F)[C@@H](O)C[C@]3(C)[C@]2(S(C)=O)O1. The lowest BCUT2D eigenvalue weighted by atomic mass is 9.45. The maximum Gasteiger partial charge on any atom is 0.178 e. The number of hydrogen-bond acceptors (Lipinski definition) is 5. The van der Waals surface area contributed by atoms with E-state index in [1.54, 1.807) is 18.4 Å². The van der Waals surface area contributed by atoms with Gasteiger partial charge in [0.15, 0.2) is 22.7 Å². The summed E-state index contributed by atoms with van der Waals surface area (Å²) in [6.07, 6.45) is 7.79. The van der Waals surface area contributed by atoms with Crippen LogP contribution in [0.4, 0.5) is 4.39 Å². The van der Waals surface area contributed by atoms with Gasteiger partial charge < -0.3 is 14.6 Å². The number of ketones is 1. The summed E-state index contributed by atoms with van der Waals surface area (Å²) in [6.45, 7) is 5.89. The van der Waals surface area contributed by atoms with Crippen molar-refractivity contribution >= 4 is 16.6 Å². The molecule has 0 spiro atoms. The van der Waals surface area contributed by atoms with E-state index in [4.69, 9.17) is 9.47 Å². The molecule has 7 heteroatoms. The lowest BCUT2D eigenvalue weighted by molar-refractivity contribution is -0.217. The minimum absolute atomic E-state index is 0.121. The number of rotatable bonds is 3. The Bertz CT molecular complexity index is 902. The Morgan fingerprint density at radius 3 is 2.74 bits per heavy atom. The van der Waals surface area contributed by atoms with Crippen molar-refractivity contribution in [3.8, 4) is 0 Å². The van der Waals surface area contributed by atoms with Crippen LogP contribution in [0.15, 0.2) is 23.8 Å². The van der Waals surface area contributed by atoms with Crippen LogP contribution in [0.5, 0.6) is 0 Å². The summed E-state index contributed by atoms with van der Waals surface area (Å²) in [4.78, 5) is 10.9. The van der Waals surface area contributed by atoms with Gasteiger partial charge in [0.05, 0.1) is 16.9 Å². The van der Waals surface area contributed by atoms with Gasteiger partial charge in [-0.25, -0.2) is 4.39 Å². The van der Waals surface area contributed by atoms with E-state index in [9.17, 15) is 14.1 Å². The standard InChI is InChI=1S/C24H33FO5S/c1-5-6-20-29-19-12-17-16-8-7-14-11-15(26)9-10-21(14,2)23(16,25)18(27)13-22(17,3)24(19,30-20)31(4)28/h9-11,16-20,27H,5-8,12-13H2,1-4H3/t16-,17-,18-,19+,20?,21-,22-,23-,24-,31?/m0/s1. The van der Waals surface area contributed by atoms with E-state index in [0.29, 0.717) is 19.3 Å². The molecule has 4 fully saturated rings. The molecule has 0 aromatic heterocycles. The summed E-state index contributed by atoms with van der Waals surface area (Å²) in [5.74, 6) is -0.671. The van der Waals surface area contributed by atoms with Gasteiger partial charge in [0, 0.05) is 23.0 Å². The Labute approximate surface area is 185 Å². The molecule has 0 radical (unpaired) electrons. The van der Waals surface area contributed by atoms with Gasteiger partial charge in [0.2, 0.25) is 0 Å². The van der Waals surface area contributed by atoms with Gasteiger partial charge in [-0.15, -0.1) is 0 Å². The first-order valence-electron chi connectivity index (χ1n) is 11.5. The van der Waals surface area contributed by atoms with Gasteiger partial charge in [0.1, 0.15) is 6.10 Å². The number of carbonyl (C=O) groups is 1. The Kier molecular flexibility index (Phi) is 4.82. The third-order valence-corrected chi connectivity index (χ3v) is 11.0. The molecule has 5 rings (SSSR count). The third-order valence-electron chi connectivity index (χ3n) is 9.29. The number of aliphatic hydroxyl groups excluding tert-OH is 1. The minimum atomic E-state index is -1.89. The van der Waals surface area contributed by atoms with Crippen LogP contribution < -0.4 is 0 Å². The first-order valence-corrected chi connectivity index (χ1v) is 13.1. The molecule has 31 heavy (non-hydrogen) atoms. The largest absolute Gasteiger partial charge is 0.390 e. The number of halogens is 1. The maximum atomic E-state index is 17.2. The molecule has 2 unspecified atom stereocenters. The third kappa shape index (κ3) is 2.47. The monoisotopic (exact) mass is 452 g/mol. The minimum Gasteiger partial charge on any atom is -0.390 e. The van der Waals surface area contributed by atoms with Crippen molar-refractivity contribution < 1.29 is 28.0 Å². The normalized spacial score (nSPS) is 53.9. The molecule has 1 saturated heterocycles. The summed E-state index contributed by atoms with van der Waals surface area (Å²) in [5.41, 5.74) is -2.81. The molecule has 1 heterocycles. The van der Waals surface area contributed by atoms with Gasteiger partial charge in [0.25, 0.3) is 0 Å². The quantitative estimate of drug-likeness (QED) is 0.709. The fourth-order valence-corrected chi connectivity index (χ4v) is 9.51. The highest BCUT2D eigenvalue weighted by Gasteiger charge is 2.78. The number of carbonyl (C=O) groups excluding carboxylic acids is 1. The van der Waals surface area contributed by atoms with E-state index in [-0.39, 0.29) is 24.2 Å². The molecule has 3 saturated carbocycles. The van der Waals surface area contributed by atoms with Crippen LogP contribution in [0.25, 0.3) is 0 Å². The highest BCUT2D eigenvalue weighted by Crippen LogP contribution is 2.72. The van der Waals surface area contributed by atoms with Crippen molar-refractivity contribution in [3.05, 3.63) is 23.8 Å². The van der Waals surface area contributed by atoms with Gasteiger partial charge in [-0.2, -0.15) is 0 Å². The predicted molar refractivity (Wildman–Crippen MR) is 115 cm³/mol. The van der Waals surface area contributed by atoms with Gasteiger partial charge in [-0.1, -0.05) is 31.9 Å². The Balaban J connectivity index is 1.59. The number of fused-ring (bicyclic) bond motifs is 7. The summed E-state index contributed by atoms with van der Waals surface area (Å²) in [6, 6.07) is 0. The molecular weight excluding hydrogens is 419 g/mol. The van der Waals surface area contributed by atoms with Crippen molar-refractivity contribution in [1.29, 1.82) is 0 Å². The van der Waals surface area contributed by atoms with E-state index in [0.717, 1.165) is 18.4 Å². The van der Waals surface area contributed by atoms with Crippen LogP contribution >= 0.6 is 0 Å². The smallest absolute Gasteiger partial charge is 0.178 e. The van der Waals surface area contributed by atoms with Gasteiger partial charge in [-0.05, 0) is 57.1 Å². The van der Waals surface area contributed by atoms with E-state index >= 15 is 4.39 Å². The van der Waals surface area contributed by atoms with Crippen LogP contribution in [0.1, 0.15) is 59.3 Å². The molecular formula is C24H33FO5S. The van der Waals surface area contributed by atoms with E-state index < -0.39 is 50.5 Å². The summed E-state index contributed by atoms with van der Waals surface area (Å²) >= 11 is 0. The number of alkyl halides is 1. The van der Waals surface area contributed by atoms with Crippen LogP contribution in [0.3, 0.4) is 0 Å². The molecule has 0 aromatic rings. The van der Waals surface area contributed by atoms with E-state index in [1.807, 2.05) is 13.8 Å². The number of allylic oxidation sites excluding steroid dienone is 4. The average Bonchev–Trinajstić information content (AvgIpc) is 3.17. The van der Waals surface area contributed by atoms with Crippen molar-refractivity contribution in [3.63, 3.8) is 0 Å². The summed E-state index contributed by atoms with van der Waals surface area (Å²) < 4.78 is 43.0. The van der Waals surface area contributed by atoms with Crippen molar-refractivity contribution in [1.82, 2.24) is 0 Å². The molecule has 0 aromatic carbocycles. The predicted octanol–water partition coefficient (Wildman–Crippen LogP) is 3.58. The van der Waals surface area contributed by atoms with Crippen molar-refractivity contribution in [2.45, 2.75) is 88.4 Å². The Morgan fingerprint density at radius 1 is 1.32 bits per heavy atom. The van der Waals surface area contributed by atoms with Crippen LogP contribution in [-0.2, 0) is 25.1 Å². The van der Waals surface area contributed by atoms with Gasteiger partial charge >= 0.3 is 0 Å². The maximum absolute atomic E-state index is 17.2. The van der Waals surface area contributed by atoms with Crippen LogP contribution in [0.2, 0.25) is 0 Å². The molecule has 5 nitrogen and oxygen atoms in total. The first kappa shape index (κ1) is 21.9. The average molecular weight is 453 g/mol. The highest BCUT2D eigenvalue weighted by molar-refractivity contribution is 7.85. The summed E-state index contributed by atoms with van der Waals surface area (Å²) in [7, 11) is -1.36. The highest BCUT2D eigenvalue weighted by atomic mass is 32.2. The molecule has 10 atom stereocenters. The summed E-state index contributed by atoms with van der Waals surface area (Å²) in [5, 5.41) is 11.4. The zero-order valence-electron chi connectivity index (χ0n) is 18.7. The zero-order chi connectivity index (χ0) is 22.4. The van der Waals surface area contributed by atoms with Crippen LogP contribution in [0, 0.1) is 22.7 Å². The molecule has 1 N–H and O–H groups in total. The molecule has 0 amide bonds. The fraction of sp³-hybridized carbons (Fsp3) is 0.792. The van der Waals surface area contributed by atoms with Crippen molar-refractivity contribution in [2.75, 3.05) is 6.26 Å². The topological polar surface area (TPSA) is 72.8 Å². The second kappa shape index (κ2) is 6.81. The van der Waals surface area contributed by atoms with Crippen molar-refractivity contribution in [2.24, 2.45) is 22.7 Å². The lowest BCUT2D eigenvalue weighted by Gasteiger charge is -2.62. The van der Waals surface area contributed by atoms with Crippen LogP contribution in [-0.4, -0.2) is 50.5 Å². The van der Waals surface area contributed by atoms with E-state index in [1.165, 1.54) is 6.08 Å². The molecule has 5 aliphatic rings. The first-order chi connectivity index (χ1) is 14.5. The molecule has 4 aliphatic carbocycles. The number of aliphatic hydroxyl groups is 1.